The highest BCUT2D eigenvalue weighted by Crippen LogP contribution is 2.19. The molecule has 4 rings (SSSR count). The third kappa shape index (κ3) is 4.84. The number of amides is 1. The van der Waals surface area contributed by atoms with Gasteiger partial charge in [0.25, 0.3) is 0 Å². The van der Waals surface area contributed by atoms with Crippen LogP contribution in [0, 0.1) is 0 Å². The van der Waals surface area contributed by atoms with Gasteiger partial charge in [0.05, 0.1) is 6.54 Å². The Morgan fingerprint density at radius 1 is 1.16 bits per heavy atom. The van der Waals surface area contributed by atoms with Crippen molar-refractivity contribution in [1.29, 1.82) is 0 Å². The quantitative estimate of drug-likeness (QED) is 0.448. The molecule has 8 nitrogen and oxygen atoms in total. The van der Waals surface area contributed by atoms with Gasteiger partial charge in [-0.3, -0.25) is 4.79 Å². The molecule has 1 amide bonds. The molecule has 162 valence electrons. The highest BCUT2D eigenvalue weighted by molar-refractivity contribution is 5.83. The number of carbonyl (C=O) groups excluding carboxylic acids is 1. The van der Waals surface area contributed by atoms with Crippen LogP contribution in [0.3, 0.4) is 0 Å². The largest absolute Gasteiger partial charge is 0.425 e. The first kappa shape index (κ1) is 20.8. The SMILES string of the molecule is CC(C)N(Cc1nccn1C)C(=O)CCc1nnc(CCc2c[nH]c3ccccc23)o1. The molecule has 0 aliphatic heterocycles. The Morgan fingerprint density at radius 2 is 1.94 bits per heavy atom. The van der Waals surface area contributed by atoms with Crippen LogP contribution in [0.2, 0.25) is 0 Å². The van der Waals surface area contributed by atoms with E-state index in [0.717, 1.165) is 17.8 Å². The molecule has 0 saturated heterocycles. The summed E-state index contributed by atoms with van der Waals surface area (Å²) in [5.41, 5.74) is 2.36. The van der Waals surface area contributed by atoms with Crippen molar-refractivity contribution in [3.8, 4) is 0 Å². The van der Waals surface area contributed by atoms with Gasteiger partial charge in [0.2, 0.25) is 17.7 Å². The molecule has 3 aromatic heterocycles. The molecule has 0 atom stereocenters. The third-order valence-corrected chi connectivity index (χ3v) is 5.52. The first-order chi connectivity index (χ1) is 15.0. The minimum absolute atomic E-state index is 0.0524. The molecule has 0 aliphatic carbocycles. The lowest BCUT2D eigenvalue weighted by Gasteiger charge is -2.26. The fraction of sp³-hybridized carbons (Fsp3) is 0.391. The van der Waals surface area contributed by atoms with Crippen molar-refractivity contribution in [2.45, 2.75) is 52.1 Å². The second-order valence-electron chi connectivity index (χ2n) is 8.02. The van der Waals surface area contributed by atoms with Crippen molar-refractivity contribution in [2.75, 3.05) is 0 Å². The Balaban J connectivity index is 1.32. The standard InChI is InChI=1S/C23H28N6O2/c1-16(2)29(15-20-24-12-13-28(20)3)23(30)11-10-22-27-26-21(31-22)9-8-17-14-25-19-7-5-4-6-18(17)19/h4-7,12-14,16,25H,8-11,15H2,1-3H3. The van der Waals surface area contributed by atoms with E-state index in [1.165, 1.54) is 10.9 Å². The second-order valence-corrected chi connectivity index (χ2v) is 8.02. The third-order valence-electron chi connectivity index (χ3n) is 5.52. The topological polar surface area (TPSA) is 92.8 Å². The number of aromatic amines is 1. The Kier molecular flexibility index (Phi) is 6.16. The monoisotopic (exact) mass is 420 g/mol. The maximum Gasteiger partial charge on any atom is 0.223 e. The average molecular weight is 421 g/mol. The average Bonchev–Trinajstić information content (AvgIpc) is 3.48. The number of nitrogens with zero attached hydrogens (tertiary/aromatic N) is 5. The number of H-pyrrole nitrogens is 1. The second kappa shape index (κ2) is 9.16. The maximum atomic E-state index is 12.8. The molecule has 1 aromatic carbocycles. The molecule has 3 heterocycles. The van der Waals surface area contributed by atoms with Crippen molar-refractivity contribution in [3.63, 3.8) is 0 Å². The summed E-state index contributed by atoms with van der Waals surface area (Å²) in [5.74, 6) is 2.01. The Morgan fingerprint density at radius 3 is 2.68 bits per heavy atom. The van der Waals surface area contributed by atoms with Crippen LogP contribution in [-0.2, 0) is 37.6 Å². The number of rotatable bonds is 9. The number of benzene rings is 1. The molecule has 0 aliphatic rings. The minimum atomic E-state index is 0.0524. The van der Waals surface area contributed by atoms with Crippen molar-refractivity contribution in [1.82, 2.24) is 29.6 Å². The smallest absolute Gasteiger partial charge is 0.223 e. The molecule has 31 heavy (non-hydrogen) atoms. The summed E-state index contributed by atoms with van der Waals surface area (Å²) in [4.78, 5) is 22.2. The lowest BCUT2D eigenvalue weighted by Crippen LogP contribution is -2.37. The fourth-order valence-electron chi connectivity index (χ4n) is 3.69. The lowest BCUT2D eigenvalue weighted by atomic mass is 10.1. The number of aromatic nitrogens is 5. The van der Waals surface area contributed by atoms with Crippen LogP contribution in [-0.4, -0.2) is 41.6 Å². The number of imidazole rings is 1. The summed E-state index contributed by atoms with van der Waals surface area (Å²) in [6.07, 6.45) is 7.90. The van der Waals surface area contributed by atoms with E-state index in [2.05, 4.69) is 32.3 Å². The van der Waals surface area contributed by atoms with Gasteiger partial charge in [-0.25, -0.2) is 4.98 Å². The van der Waals surface area contributed by atoms with Crippen LogP contribution in [0.15, 0.2) is 47.3 Å². The molecule has 0 unspecified atom stereocenters. The number of fused-ring (bicyclic) bond motifs is 1. The Hall–Kier alpha value is -3.42. The van der Waals surface area contributed by atoms with Crippen LogP contribution in [0.1, 0.15) is 43.4 Å². The van der Waals surface area contributed by atoms with Gasteiger partial charge in [0.1, 0.15) is 5.82 Å². The molecule has 0 spiro atoms. The first-order valence-electron chi connectivity index (χ1n) is 10.6. The van der Waals surface area contributed by atoms with Gasteiger partial charge in [0.15, 0.2) is 0 Å². The zero-order chi connectivity index (χ0) is 21.8. The molecule has 0 saturated carbocycles. The summed E-state index contributed by atoms with van der Waals surface area (Å²) in [5, 5.41) is 9.51. The van der Waals surface area contributed by atoms with E-state index in [1.54, 1.807) is 6.20 Å². The van der Waals surface area contributed by atoms with Gasteiger partial charge in [-0.15, -0.1) is 10.2 Å². The summed E-state index contributed by atoms with van der Waals surface area (Å²) in [6, 6.07) is 8.31. The number of nitrogens with one attached hydrogen (secondary N) is 1. The molecule has 8 heteroatoms. The number of hydrogen-bond donors (Lipinski definition) is 1. The fourth-order valence-corrected chi connectivity index (χ4v) is 3.69. The van der Waals surface area contributed by atoms with Gasteiger partial charge < -0.3 is 18.9 Å². The lowest BCUT2D eigenvalue weighted by molar-refractivity contribution is -0.133. The zero-order valence-corrected chi connectivity index (χ0v) is 18.2. The highest BCUT2D eigenvalue weighted by Gasteiger charge is 2.20. The van der Waals surface area contributed by atoms with Crippen LogP contribution in [0.25, 0.3) is 10.9 Å². The van der Waals surface area contributed by atoms with E-state index in [0.29, 0.717) is 37.6 Å². The minimum Gasteiger partial charge on any atom is -0.425 e. The molecular weight excluding hydrogens is 392 g/mol. The molecule has 0 radical (unpaired) electrons. The van der Waals surface area contributed by atoms with Crippen molar-refractivity contribution in [2.24, 2.45) is 7.05 Å². The normalized spacial score (nSPS) is 11.5. The van der Waals surface area contributed by atoms with Crippen LogP contribution in [0.5, 0.6) is 0 Å². The van der Waals surface area contributed by atoms with E-state index in [-0.39, 0.29) is 11.9 Å². The van der Waals surface area contributed by atoms with Crippen molar-refractivity contribution < 1.29 is 9.21 Å². The van der Waals surface area contributed by atoms with E-state index in [9.17, 15) is 4.79 Å². The maximum absolute atomic E-state index is 12.8. The summed E-state index contributed by atoms with van der Waals surface area (Å²) < 4.78 is 7.72. The van der Waals surface area contributed by atoms with E-state index in [4.69, 9.17) is 4.42 Å². The van der Waals surface area contributed by atoms with Crippen LogP contribution in [0.4, 0.5) is 0 Å². The Bertz CT molecular complexity index is 1160. The summed E-state index contributed by atoms with van der Waals surface area (Å²) >= 11 is 0. The molecular formula is C23H28N6O2. The summed E-state index contributed by atoms with van der Waals surface area (Å²) in [7, 11) is 1.93. The van der Waals surface area contributed by atoms with E-state index >= 15 is 0 Å². The van der Waals surface area contributed by atoms with Gasteiger partial charge in [-0.1, -0.05) is 18.2 Å². The predicted molar refractivity (Wildman–Crippen MR) is 117 cm³/mol. The number of carbonyl (C=O) groups is 1. The van der Waals surface area contributed by atoms with Crippen molar-refractivity contribution >= 4 is 16.8 Å². The predicted octanol–water partition coefficient (Wildman–Crippen LogP) is 3.44. The van der Waals surface area contributed by atoms with Gasteiger partial charge in [-0.2, -0.15) is 0 Å². The molecule has 0 bridgehead atoms. The first-order valence-corrected chi connectivity index (χ1v) is 10.6. The van der Waals surface area contributed by atoms with Gasteiger partial charge in [0, 0.05) is 61.8 Å². The highest BCUT2D eigenvalue weighted by atomic mass is 16.4. The summed E-state index contributed by atoms with van der Waals surface area (Å²) in [6.45, 7) is 4.51. The number of hydrogen-bond acceptors (Lipinski definition) is 5. The molecule has 4 aromatic rings. The number of para-hydroxylation sites is 1. The molecule has 0 fully saturated rings. The van der Waals surface area contributed by atoms with Crippen LogP contribution >= 0.6 is 0 Å². The molecule has 1 N–H and O–H groups in total. The van der Waals surface area contributed by atoms with Gasteiger partial charge >= 0.3 is 0 Å². The van der Waals surface area contributed by atoms with Crippen LogP contribution < -0.4 is 0 Å². The Labute approximate surface area is 181 Å². The van der Waals surface area contributed by atoms with E-state index < -0.39 is 0 Å². The number of aryl methyl sites for hydroxylation is 4. The van der Waals surface area contributed by atoms with Crippen molar-refractivity contribution in [3.05, 3.63) is 66.0 Å². The van der Waals surface area contributed by atoms with Gasteiger partial charge in [-0.05, 0) is 31.9 Å². The zero-order valence-electron chi connectivity index (χ0n) is 18.2. The van der Waals surface area contributed by atoms with E-state index in [1.807, 2.05) is 54.9 Å².